The number of rotatable bonds is 6. The van der Waals surface area contributed by atoms with Gasteiger partial charge in [-0.05, 0) is 78.8 Å². The van der Waals surface area contributed by atoms with Gasteiger partial charge in [-0.3, -0.25) is 0 Å². The van der Waals surface area contributed by atoms with Crippen LogP contribution in [0.2, 0.25) is 10.0 Å². The molecule has 0 unspecified atom stereocenters. The molecule has 1 aliphatic carbocycles. The third kappa shape index (κ3) is 4.73. The van der Waals surface area contributed by atoms with Crippen molar-refractivity contribution in [2.24, 2.45) is 0 Å². The Morgan fingerprint density at radius 1 is 0.788 bits per heavy atom. The second-order valence-corrected chi connectivity index (χ2v) is 9.03. The fourth-order valence-electron chi connectivity index (χ4n) is 4.29. The minimum atomic E-state index is -0.295. The van der Waals surface area contributed by atoms with E-state index in [0.29, 0.717) is 33.7 Å². The highest BCUT2D eigenvalue weighted by Crippen LogP contribution is 2.39. The second kappa shape index (κ2) is 9.50. The summed E-state index contributed by atoms with van der Waals surface area (Å²) in [7, 11) is 0. The molecule has 3 aromatic carbocycles. The first-order chi connectivity index (χ1) is 16.1. The third-order valence-corrected chi connectivity index (χ3v) is 6.34. The van der Waals surface area contributed by atoms with Crippen molar-refractivity contribution in [1.82, 2.24) is 0 Å². The molecule has 0 atom stereocenters. The Labute approximate surface area is 201 Å². The van der Waals surface area contributed by atoms with Crippen LogP contribution in [0.5, 0.6) is 11.5 Å². The molecule has 1 heterocycles. The Balaban J connectivity index is 1.56. The first kappa shape index (κ1) is 21.9. The van der Waals surface area contributed by atoms with Crippen LogP contribution in [-0.4, -0.2) is 0 Å². The standard InChI is InChI=1S/C27H22Cl2O4/c28-19-7-3-5-17(13-19)15-31-24-12-11-22-21-9-1-2-10-23(21)27(30)33-25(22)26(24)32-16-18-6-4-8-20(29)14-18/h3-8,11-14H,1-2,9-10,15-16H2. The van der Waals surface area contributed by atoms with Gasteiger partial charge in [-0.15, -0.1) is 0 Å². The fraction of sp³-hybridized carbons (Fsp3) is 0.222. The molecule has 4 aromatic rings. The molecule has 1 aromatic heterocycles. The van der Waals surface area contributed by atoms with Gasteiger partial charge in [0.15, 0.2) is 11.3 Å². The third-order valence-electron chi connectivity index (χ3n) is 5.87. The summed E-state index contributed by atoms with van der Waals surface area (Å²) in [6, 6.07) is 18.8. The van der Waals surface area contributed by atoms with E-state index in [1.807, 2.05) is 60.7 Å². The second-order valence-electron chi connectivity index (χ2n) is 8.16. The van der Waals surface area contributed by atoms with E-state index in [0.717, 1.165) is 53.3 Å². The number of benzene rings is 3. The van der Waals surface area contributed by atoms with Crippen LogP contribution < -0.4 is 15.1 Å². The molecule has 0 saturated carbocycles. The van der Waals surface area contributed by atoms with Crippen molar-refractivity contribution in [3.8, 4) is 11.5 Å². The first-order valence-corrected chi connectivity index (χ1v) is 11.7. The van der Waals surface area contributed by atoms with E-state index < -0.39 is 0 Å². The largest absolute Gasteiger partial charge is 0.485 e. The number of halogens is 2. The topological polar surface area (TPSA) is 48.7 Å². The normalized spacial score (nSPS) is 13.0. The minimum Gasteiger partial charge on any atom is -0.485 e. The zero-order valence-electron chi connectivity index (χ0n) is 17.9. The van der Waals surface area contributed by atoms with Crippen molar-refractivity contribution in [2.75, 3.05) is 0 Å². The average molecular weight is 481 g/mol. The van der Waals surface area contributed by atoms with Gasteiger partial charge in [0.25, 0.3) is 0 Å². The zero-order valence-corrected chi connectivity index (χ0v) is 19.4. The van der Waals surface area contributed by atoms with Crippen LogP contribution in [0, 0.1) is 0 Å². The van der Waals surface area contributed by atoms with Gasteiger partial charge in [0.2, 0.25) is 5.75 Å². The van der Waals surface area contributed by atoms with Crippen molar-refractivity contribution in [3.63, 3.8) is 0 Å². The lowest BCUT2D eigenvalue weighted by atomic mass is 9.90. The quantitative estimate of drug-likeness (QED) is 0.275. The van der Waals surface area contributed by atoms with Gasteiger partial charge in [0.05, 0.1) is 0 Å². The van der Waals surface area contributed by atoms with Gasteiger partial charge in [-0.2, -0.15) is 0 Å². The summed E-state index contributed by atoms with van der Waals surface area (Å²) in [6.45, 7) is 0.558. The summed E-state index contributed by atoms with van der Waals surface area (Å²) in [5, 5.41) is 2.18. The summed E-state index contributed by atoms with van der Waals surface area (Å²) in [5.41, 5.74) is 3.79. The molecule has 4 nitrogen and oxygen atoms in total. The molecule has 0 amide bonds. The summed E-state index contributed by atoms with van der Waals surface area (Å²) in [5.74, 6) is 0.920. The molecule has 0 fully saturated rings. The van der Waals surface area contributed by atoms with Crippen LogP contribution in [0.4, 0.5) is 0 Å². The maximum Gasteiger partial charge on any atom is 0.339 e. The van der Waals surface area contributed by atoms with E-state index in [1.165, 1.54) is 0 Å². The van der Waals surface area contributed by atoms with E-state index in [-0.39, 0.29) is 12.2 Å². The SMILES string of the molecule is O=c1oc2c(OCc3cccc(Cl)c3)c(OCc3cccc(Cl)c3)ccc2c2c1CCCC2. The van der Waals surface area contributed by atoms with Crippen molar-refractivity contribution in [2.45, 2.75) is 38.9 Å². The van der Waals surface area contributed by atoms with Gasteiger partial charge in [-0.1, -0.05) is 47.5 Å². The summed E-state index contributed by atoms with van der Waals surface area (Å²) >= 11 is 12.2. The average Bonchev–Trinajstić information content (AvgIpc) is 2.82. The van der Waals surface area contributed by atoms with Crippen LogP contribution in [0.15, 0.2) is 69.9 Å². The monoisotopic (exact) mass is 480 g/mol. The molecule has 0 radical (unpaired) electrons. The Morgan fingerprint density at radius 2 is 1.42 bits per heavy atom. The molecular formula is C27H22Cl2O4. The van der Waals surface area contributed by atoms with Gasteiger partial charge >= 0.3 is 5.63 Å². The molecule has 0 saturated heterocycles. The first-order valence-electron chi connectivity index (χ1n) is 10.9. The van der Waals surface area contributed by atoms with Crippen molar-refractivity contribution in [1.29, 1.82) is 0 Å². The molecule has 0 aliphatic heterocycles. The van der Waals surface area contributed by atoms with Crippen molar-refractivity contribution in [3.05, 3.63) is 103 Å². The lowest BCUT2D eigenvalue weighted by molar-refractivity contribution is 0.255. The molecule has 1 aliphatic rings. The number of aryl methyl sites for hydroxylation is 1. The predicted octanol–water partition coefficient (Wildman–Crippen LogP) is 7.14. The Bertz CT molecular complexity index is 1380. The number of ether oxygens (including phenoxy) is 2. The summed E-state index contributed by atoms with van der Waals surface area (Å²) < 4.78 is 18.1. The van der Waals surface area contributed by atoms with Gasteiger partial charge in [0.1, 0.15) is 13.2 Å². The maximum atomic E-state index is 12.8. The molecule has 0 bridgehead atoms. The highest BCUT2D eigenvalue weighted by atomic mass is 35.5. The minimum absolute atomic E-state index is 0.258. The maximum absolute atomic E-state index is 12.8. The lowest BCUT2D eigenvalue weighted by Gasteiger charge is -2.19. The van der Waals surface area contributed by atoms with Gasteiger partial charge < -0.3 is 13.9 Å². The Morgan fingerprint density at radius 3 is 2.09 bits per heavy atom. The van der Waals surface area contributed by atoms with Crippen molar-refractivity contribution < 1.29 is 13.9 Å². The fourth-order valence-corrected chi connectivity index (χ4v) is 4.71. The molecule has 0 N–H and O–H groups in total. The number of hydrogen-bond donors (Lipinski definition) is 0. The van der Waals surface area contributed by atoms with Crippen molar-refractivity contribution >= 4 is 34.2 Å². The van der Waals surface area contributed by atoms with Gasteiger partial charge in [0, 0.05) is 21.0 Å². The lowest BCUT2D eigenvalue weighted by Crippen LogP contribution is -2.16. The van der Waals surface area contributed by atoms with E-state index >= 15 is 0 Å². The van der Waals surface area contributed by atoms with Crippen LogP contribution >= 0.6 is 23.2 Å². The molecule has 6 heteroatoms. The Hall–Kier alpha value is -2.95. The summed E-state index contributed by atoms with van der Waals surface area (Å²) in [6.07, 6.45) is 3.66. The van der Waals surface area contributed by atoms with Crippen LogP contribution in [0.25, 0.3) is 11.0 Å². The summed E-state index contributed by atoms with van der Waals surface area (Å²) in [4.78, 5) is 12.8. The highest BCUT2D eigenvalue weighted by Gasteiger charge is 2.22. The van der Waals surface area contributed by atoms with Gasteiger partial charge in [-0.25, -0.2) is 4.79 Å². The highest BCUT2D eigenvalue weighted by molar-refractivity contribution is 6.30. The predicted molar refractivity (Wildman–Crippen MR) is 131 cm³/mol. The molecule has 168 valence electrons. The molecular weight excluding hydrogens is 459 g/mol. The smallest absolute Gasteiger partial charge is 0.339 e. The van der Waals surface area contributed by atoms with E-state index in [9.17, 15) is 4.79 Å². The zero-order chi connectivity index (χ0) is 22.8. The molecule has 33 heavy (non-hydrogen) atoms. The van der Waals surface area contributed by atoms with Crippen LogP contribution in [0.3, 0.4) is 0 Å². The van der Waals surface area contributed by atoms with Crippen LogP contribution in [0.1, 0.15) is 35.1 Å². The van der Waals surface area contributed by atoms with Crippen LogP contribution in [-0.2, 0) is 26.1 Å². The molecule has 5 rings (SSSR count). The Kier molecular flexibility index (Phi) is 6.30. The van der Waals surface area contributed by atoms with E-state index in [2.05, 4.69) is 0 Å². The van der Waals surface area contributed by atoms with E-state index in [4.69, 9.17) is 37.1 Å². The number of fused-ring (bicyclic) bond motifs is 3. The van der Waals surface area contributed by atoms with E-state index in [1.54, 1.807) is 0 Å². The molecule has 0 spiro atoms. The number of hydrogen-bond acceptors (Lipinski definition) is 4.